The van der Waals surface area contributed by atoms with E-state index in [1.165, 1.54) is 5.56 Å². The van der Waals surface area contributed by atoms with Crippen LogP contribution in [0, 0.1) is 0 Å². The third-order valence-corrected chi connectivity index (χ3v) is 3.59. The van der Waals surface area contributed by atoms with Crippen molar-refractivity contribution >= 4 is 27.7 Å². The average molecular weight is 315 g/mol. The van der Waals surface area contributed by atoms with Gasteiger partial charge in [0, 0.05) is 10.2 Å². The first-order valence-corrected chi connectivity index (χ1v) is 6.81. The van der Waals surface area contributed by atoms with Crippen molar-refractivity contribution < 1.29 is 5.11 Å². The van der Waals surface area contributed by atoms with Crippen LogP contribution in [-0.4, -0.2) is 31.9 Å². The number of nitrogens with zero attached hydrogens (tertiary/aromatic N) is 4. The van der Waals surface area contributed by atoms with Gasteiger partial charge in [-0.05, 0) is 28.1 Å². The predicted octanol–water partition coefficient (Wildman–Crippen LogP) is 1.72. The Morgan fingerprint density at radius 3 is 3.06 bits per heavy atom. The molecule has 0 unspecified atom stereocenters. The van der Waals surface area contributed by atoms with Crippen molar-refractivity contribution in [3.8, 4) is 0 Å². The topological polar surface area (TPSA) is 63.8 Å². The van der Waals surface area contributed by atoms with Gasteiger partial charge in [0.25, 0.3) is 0 Å². The molecule has 0 saturated heterocycles. The molecule has 0 spiro atoms. The molecule has 1 aromatic heterocycles. The van der Waals surface area contributed by atoms with Crippen LogP contribution in [0.15, 0.2) is 33.9 Å². The van der Waals surface area contributed by atoms with E-state index in [1.54, 1.807) is 16.4 Å². The third kappa shape index (κ3) is 3.52. The molecule has 90 valence electrons. The molecule has 1 N–H and O–H groups in total. The van der Waals surface area contributed by atoms with Crippen LogP contribution in [0.4, 0.5) is 0 Å². The van der Waals surface area contributed by atoms with Gasteiger partial charge < -0.3 is 5.11 Å². The summed E-state index contributed by atoms with van der Waals surface area (Å²) in [4.78, 5) is 0. The zero-order chi connectivity index (χ0) is 12.1. The molecule has 2 aromatic rings. The second kappa shape index (κ2) is 6.13. The number of aromatic nitrogens is 4. The third-order valence-electron chi connectivity index (χ3n) is 2.07. The van der Waals surface area contributed by atoms with Crippen LogP contribution in [-0.2, 0) is 12.3 Å². The maximum atomic E-state index is 8.85. The lowest BCUT2D eigenvalue weighted by Gasteiger charge is -2.02. The van der Waals surface area contributed by atoms with E-state index >= 15 is 0 Å². The molecule has 0 aliphatic heterocycles. The van der Waals surface area contributed by atoms with Gasteiger partial charge >= 0.3 is 0 Å². The van der Waals surface area contributed by atoms with Crippen LogP contribution in [0.5, 0.6) is 0 Å². The number of benzene rings is 1. The number of aliphatic hydroxyl groups excluding tert-OH is 1. The minimum atomic E-state index is 0.0372. The highest BCUT2D eigenvalue weighted by Gasteiger charge is 2.06. The molecule has 0 fully saturated rings. The Bertz CT molecular complexity index is 491. The fraction of sp³-hybridized carbons (Fsp3) is 0.300. The Balaban J connectivity index is 1.99. The Morgan fingerprint density at radius 2 is 2.29 bits per heavy atom. The highest BCUT2D eigenvalue weighted by atomic mass is 79.9. The van der Waals surface area contributed by atoms with Crippen LogP contribution in [0.2, 0.25) is 0 Å². The number of hydrogen-bond donors (Lipinski definition) is 1. The number of halogens is 1. The standard InChI is InChI=1S/C10H11BrN4OS/c11-9-3-1-2-8(6-9)7-17-10-12-13-14-15(10)4-5-16/h1-3,6,16H,4-5,7H2. The van der Waals surface area contributed by atoms with Crippen molar-refractivity contribution in [1.29, 1.82) is 0 Å². The molecule has 5 nitrogen and oxygen atoms in total. The lowest BCUT2D eigenvalue weighted by atomic mass is 10.2. The highest BCUT2D eigenvalue weighted by molar-refractivity contribution is 9.10. The second-order valence-corrected chi connectivity index (χ2v) is 5.18. The molecule has 0 amide bonds. The quantitative estimate of drug-likeness (QED) is 0.851. The fourth-order valence-electron chi connectivity index (χ4n) is 1.31. The van der Waals surface area contributed by atoms with E-state index in [9.17, 15) is 0 Å². The van der Waals surface area contributed by atoms with Gasteiger partial charge in [0.05, 0.1) is 13.2 Å². The van der Waals surface area contributed by atoms with Crippen LogP contribution in [0.25, 0.3) is 0 Å². The van der Waals surface area contributed by atoms with Gasteiger partial charge in [-0.2, -0.15) is 0 Å². The molecule has 0 atom stereocenters. The Morgan fingerprint density at radius 1 is 1.41 bits per heavy atom. The van der Waals surface area contributed by atoms with Gasteiger partial charge in [0.1, 0.15) is 0 Å². The van der Waals surface area contributed by atoms with Crippen molar-refractivity contribution in [3.05, 3.63) is 34.3 Å². The minimum Gasteiger partial charge on any atom is -0.394 e. The van der Waals surface area contributed by atoms with Crippen LogP contribution < -0.4 is 0 Å². The van der Waals surface area contributed by atoms with Gasteiger partial charge in [-0.1, -0.05) is 39.8 Å². The summed E-state index contributed by atoms with van der Waals surface area (Å²) in [6, 6.07) is 8.10. The zero-order valence-electron chi connectivity index (χ0n) is 8.95. The molecule has 1 aromatic carbocycles. The predicted molar refractivity (Wildman–Crippen MR) is 68.6 cm³/mol. The summed E-state index contributed by atoms with van der Waals surface area (Å²) >= 11 is 4.98. The average Bonchev–Trinajstić information content (AvgIpc) is 2.75. The number of hydrogen-bond acceptors (Lipinski definition) is 5. The molecule has 0 aliphatic rings. The molecule has 0 bridgehead atoms. The first kappa shape index (κ1) is 12.5. The molecule has 0 aliphatic carbocycles. The van der Waals surface area contributed by atoms with E-state index in [4.69, 9.17) is 5.11 Å². The van der Waals surface area contributed by atoms with Gasteiger partial charge in [-0.15, -0.1) is 5.10 Å². The first-order valence-electron chi connectivity index (χ1n) is 5.04. The number of aliphatic hydroxyl groups is 1. The van der Waals surface area contributed by atoms with Crippen molar-refractivity contribution in [2.75, 3.05) is 6.61 Å². The summed E-state index contributed by atoms with van der Waals surface area (Å²) in [6.45, 7) is 0.462. The number of rotatable bonds is 5. The van der Waals surface area contributed by atoms with Crippen LogP contribution in [0.3, 0.4) is 0 Å². The lowest BCUT2D eigenvalue weighted by Crippen LogP contribution is -2.05. The van der Waals surface area contributed by atoms with Crippen molar-refractivity contribution in [2.45, 2.75) is 17.5 Å². The number of thioether (sulfide) groups is 1. The van der Waals surface area contributed by atoms with E-state index in [-0.39, 0.29) is 6.61 Å². The molecule has 17 heavy (non-hydrogen) atoms. The van der Waals surface area contributed by atoms with Gasteiger partial charge in [0.2, 0.25) is 5.16 Å². The molecule has 0 saturated carbocycles. The smallest absolute Gasteiger partial charge is 0.209 e. The molecule has 1 heterocycles. The molecule has 2 rings (SSSR count). The molecular formula is C10H11BrN4OS. The van der Waals surface area contributed by atoms with E-state index in [0.717, 1.165) is 15.4 Å². The minimum absolute atomic E-state index is 0.0372. The SMILES string of the molecule is OCCn1nnnc1SCc1cccc(Br)c1. The fourth-order valence-corrected chi connectivity index (χ4v) is 2.60. The summed E-state index contributed by atoms with van der Waals surface area (Å²) < 4.78 is 2.66. The van der Waals surface area contributed by atoms with Crippen molar-refractivity contribution in [2.24, 2.45) is 0 Å². The summed E-state index contributed by atoms with van der Waals surface area (Å²) in [6.07, 6.45) is 0. The highest BCUT2D eigenvalue weighted by Crippen LogP contribution is 2.21. The molecular weight excluding hydrogens is 304 g/mol. The van der Waals surface area contributed by atoms with Gasteiger partial charge in [-0.3, -0.25) is 0 Å². The molecule has 0 radical (unpaired) electrons. The van der Waals surface area contributed by atoms with E-state index in [0.29, 0.717) is 6.54 Å². The first-order chi connectivity index (χ1) is 8.29. The van der Waals surface area contributed by atoms with Crippen molar-refractivity contribution in [3.63, 3.8) is 0 Å². The van der Waals surface area contributed by atoms with Crippen molar-refractivity contribution in [1.82, 2.24) is 20.2 Å². The van der Waals surface area contributed by atoms with Gasteiger partial charge in [-0.25, -0.2) is 4.68 Å². The summed E-state index contributed by atoms with van der Waals surface area (Å²) in [5.74, 6) is 0.797. The van der Waals surface area contributed by atoms with Gasteiger partial charge in [0.15, 0.2) is 0 Å². The maximum absolute atomic E-state index is 8.85. The summed E-state index contributed by atoms with van der Waals surface area (Å²) in [5, 5.41) is 20.9. The summed E-state index contributed by atoms with van der Waals surface area (Å²) in [5.41, 5.74) is 1.20. The van der Waals surface area contributed by atoms with E-state index in [2.05, 4.69) is 43.6 Å². The Labute approximate surface area is 111 Å². The normalized spacial score (nSPS) is 10.7. The number of tetrazole rings is 1. The van der Waals surface area contributed by atoms with E-state index in [1.807, 2.05) is 12.1 Å². The van der Waals surface area contributed by atoms with Crippen LogP contribution >= 0.6 is 27.7 Å². The largest absolute Gasteiger partial charge is 0.394 e. The van der Waals surface area contributed by atoms with Crippen LogP contribution in [0.1, 0.15) is 5.56 Å². The monoisotopic (exact) mass is 314 g/mol. The lowest BCUT2D eigenvalue weighted by molar-refractivity contribution is 0.262. The maximum Gasteiger partial charge on any atom is 0.209 e. The van der Waals surface area contributed by atoms with E-state index < -0.39 is 0 Å². The Kier molecular flexibility index (Phi) is 4.52. The summed E-state index contributed by atoms with van der Waals surface area (Å²) in [7, 11) is 0. The zero-order valence-corrected chi connectivity index (χ0v) is 11.4. The molecule has 7 heteroatoms. The Hall–Kier alpha value is -0.920. The second-order valence-electron chi connectivity index (χ2n) is 3.33.